The number of carboxylic acids is 1. The van der Waals surface area contributed by atoms with E-state index in [1.165, 1.54) is 0 Å². The standard InChI is InChI=1S/C17H28O16/c18-1-4-6(21)7(22)11(26)16(30-4)32-13-9(24)8(23)12(14(27)28)31-17(13)33-15-10(25)5(20)3(19)2-29-15/h3-13,15-26H,1-2H2,(H,27,28)/t3-,4-,5+,6+,7+,8+,9+,10-,11-,12+,13-,15?,16?,17?/m1/s1. The zero-order chi connectivity index (χ0) is 24.6. The van der Waals surface area contributed by atoms with Gasteiger partial charge >= 0.3 is 5.97 Å². The second-order valence-corrected chi connectivity index (χ2v) is 7.93. The number of hydrogen-bond donors (Lipinski definition) is 10. The topological polar surface area (TPSA) is 266 Å². The van der Waals surface area contributed by atoms with Crippen LogP contribution < -0.4 is 0 Å². The Balaban J connectivity index is 1.82. The molecule has 3 aliphatic heterocycles. The molecule has 3 fully saturated rings. The van der Waals surface area contributed by atoms with E-state index in [2.05, 4.69) is 0 Å². The third-order valence-corrected chi connectivity index (χ3v) is 5.65. The van der Waals surface area contributed by atoms with E-state index in [9.17, 15) is 55.9 Å². The van der Waals surface area contributed by atoms with Gasteiger partial charge in [0, 0.05) is 0 Å². The Morgan fingerprint density at radius 2 is 1.36 bits per heavy atom. The van der Waals surface area contributed by atoms with E-state index in [4.69, 9.17) is 23.7 Å². The molecule has 14 atom stereocenters. The second kappa shape index (κ2) is 10.7. The highest BCUT2D eigenvalue weighted by Gasteiger charge is 2.54. The average Bonchev–Trinajstić information content (AvgIpc) is 2.78. The summed E-state index contributed by atoms with van der Waals surface area (Å²) in [5.41, 5.74) is 0. The van der Waals surface area contributed by atoms with Crippen LogP contribution in [0.15, 0.2) is 0 Å². The largest absolute Gasteiger partial charge is 0.479 e. The third kappa shape index (κ3) is 5.29. The van der Waals surface area contributed by atoms with E-state index in [-0.39, 0.29) is 0 Å². The predicted octanol–water partition coefficient (Wildman–Crippen LogP) is -6.84. The maximum atomic E-state index is 11.4. The van der Waals surface area contributed by atoms with E-state index < -0.39 is 105 Å². The van der Waals surface area contributed by atoms with Crippen LogP contribution in [-0.2, 0) is 28.5 Å². The van der Waals surface area contributed by atoms with Crippen molar-refractivity contribution in [3.8, 4) is 0 Å². The van der Waals surface area contributed by atoms with Gasteiger partial charge in [-0.1, -0.05) is 0 Å². The fraction of sp³-hybridized carbons (Fsp3) is 0.941. The molecular formula is C17H28O16. The number of aliphatic hydroxyl groups excluding tert-OH is 9. The number of carboxylic acid groups (broad SMARTS) is 1. The lowest BCUT2D eigenvalue weighted by atomic mass is 9.97. The van der Waals surface area contributed by atoms with Crippen LogP contribution in [0.4, 0.5) is 0 Å². The minimum absolute atomic E-state index is 0.485. The van der Waals surface area contributed by atoms with Gasteiger partial charge in [-0.3, -0.25) is 0 Å². The van der Waals surface area contributed by atoms with Gasteiger partial charge in [0.2, 0.25) is 0 Å². The number of hydrogen-bond acceptors (Lipinski definition) is 15. The van der Waals surface area contributed by atoms with Crippen molar-refractivity contribution in [3.05, 3.63) is 0 Å². The first kappa shape index (κ1) is 26.5. The van der Waals surface area contributed by atoms with Crippen LogP contribution in [0, 0.1) is 0 Å². The normalized spacial score (nSPS) is 51.3. The first-order chi connectivity index (χ1) is 15.5. The maximum Gasteiger partial charge on any atom is 0.335 e. The summed E-state index contributed by atoms with van der Waals surface area (Å²) in [7, 11) is 0. The smallest absolute Gasteiger partial charge is 0.335 e. The van der Waals surface area contributed by atoms with Crippen molar-refractivity contribution >= 4 is 5.97 Å². The number of aliphatic hydroxyl groups is 9. The molecule has 0 aromatic carbocycles. The summed E-state index contributed by atoms with van der Waals surface area (Å²) in [6.07, 6.45) is -25.3. The number of ether oxygens (including phenoxy) is 5. The van der Waals surface area contributed by atoms with Gasteiger partial charge in [-0.2, -0.15) is 0 Å². The van der Waals surface area contributed by atoms with Crippen LogP contribution in [0.2, 0.25) is 0 Å². The fourth-order valence-corrected chi connectivity index (χ4v) is 3.66. The zero-order valence-electron chi connectivity index (χ0n) is 16.9. The predicted molar refractivity (Wildman–Crippen MR) is 95.8 cm³/mol. The van der Waals surface area contributed by atoms with Crippen molar-refractivity contribution in [2.45, 2.75) is 86.0 Å². The molecular weight excluding hydrogens is 460 g/mol. The summed E-state index contributed by atoms with van der Waals surface area (Å²) in [4.78, 5) is 11.4. The molecule has 3 unspecified atom stereocenters. The molecule has 0 aliphatic carbocycles. The van der Waals surface area contributed by atoms with Crippen molar-refractivity contribution in [2.75, 3.05) is 13.2 Å². The molecule has 3 heterocycles. The van der Waals surface area contributed by atoms with Crippen LogP contribution >= 0.6 is 0 Å². The van der Waals surface area contributed by atoms with E-state index in [0.717, 1.165) is 0 Å². The lowest BCUT2D eigenvalue weighted by Crippen LogP contribution is -2.66. The van der Waals surface area contributed by atoms with Crippen molar-refractivity contribution in [1.29, 1.82) is 0 Å². The molecule has 16 heteroatoms. The second-order valence-electron chi connectivity index (χ2n) is 7.93. The minimum Gasteiger partial charge on any atom is -0.479 e. The van der Waals surface area contributed by atoms with Crippen LogP contribution in [0.1, 0.15) is 0 Å². The molecule has 33 heavy (non-hydrogen) atoms. The molecule has 0 saturated carbocycles. The van der Waals surface area contributed by atoms with E-state index in [1.807, 2.05) is 0 Å². The lowest BCUT2D eigenvalue weighted by Gasteiger charge is -2.46. The first-order valence-electron chi connectivity index (χ1n) is 9.99. The Kier molecular flexibility index (Phi) is 8.57. The quantitative estimate of drug-likeness (QED) is 0.166. The Morgan fingerprint density at radius 1 is 0.727 bits per heavy atom. The van der Waals surface area contributed by atoms with Crippen LogP contribution in [0.3, 0.4) is 0 Å². The highest BCUT2D eigenvalue weighted by molar-refractivity contribution is 5.73. The third-order valence-electron chi connectivity index (χ3n) is 5.65. The molecule has 0 aromatic heterocycles. The van der Waals surface area contributed by atoms with Gasteiger partial charge < -0.3 is 74.7 Å². The van der Waals surface area contributed by atoms with E-state index in [1.54, 1.807) is 0 Å². The van der Waals surface area contributed by atoms with Gasteiger partial charge in [0.25, 0.3) is 0 Å². The maximum absolute atomic E-state index is 11.4. The molecule has 10 N–H and O–H groups in total. The monoisotopic (exact) mass is 488 g/mol. The van der Waals surface area contributed by atoms with Crippen LogP contribution in [0.25, 0.3) is 0 Å². The summed E-state index contributed by atoms with van der Waals surface area (Å²) in [5.74, 6) is -1.69. The summed E-state index contributed by atoms with van der Waals surface area (Å²) < 4.78 is 26.1. The van der Waals surface area contributed by atoms with Crippen LogP contribution in [0.5, 0.6) is 0 Å². The van der Waals surface area contributed by atoms with E-state index >= 15 is 0 Å². The van der Waals surface area contributed by atoms with Gasteiger partial charge in [0.15, 0.2) is 25.0 Å². The number of rotatable bonds is 6. The van der Waals surface area contributed by atoms with Gasteiger partial charge in [-0.25, -0.2) is 4.79 Å². The molecule has 0 amide bonds. The molecule has 192 valence electrons. The van der Waals surface area contributed by atoms with Gasteiger partial charge in [0.05, 0.1) is 13.2 Å². The van der Waals surface area contributed by atoms with Gasteiger partial charge in [-0.05, 0) is 0 Å². The molecule has 0 radical (unpaired) electrons. The van der Waals surface area contributed by atoms with E-state index in [0.29, 0.717) is 0 Å². The molecule has 0 aromatic rings. The Morgan fingerprint density at radius 3 is 1.97 bits per heavy atom. The van der Waals surface area contributed by atoms with Crippen molar-refractivity contribution < 1.29 is 79.5 Å². The average molecular weight is 488 g/mol. The minimum atomic E-state index is -2.07. The summed E-state index contributed by atoms with van der Waals surface area (Å²) in [5, 5.41) is 98.6. The summed E-state index contributed by atoms with van der Waals surface area (Å²) in [6.45, 7) is -1.28. The first-order valence-corrected chi connectivity index (χ1v) is 9.99. The highest BCUT2D eigenvalue weighted by atomic mass is 16.8. The SMILES string of the molecule is O=C(O)[C@H]1OC(OC2OC[C@@H](O)[C@H](O)[C@H]2O)[C@H](OC2O[C@H](CO)[C@H](O)[C@H](O)[C@H]2O)[C@@H](O)[C@@H]1O. The van der Waals surface area contributed by atoms with Crippen molar-refractivity contribution in [2.24, 2.45) is 0 Å². The molecule has 0 spiro atoms. The van der Waals surface area contributed by atoms with Gasteiger partial charge in [0.1, 0.15) is 61.0 Å². The molecule has 16 nitrogen and oxygen atoms in total. The molecule has 3 saturated heterocycles. The lowest BCUT2D eigenvalue weighted by molar-refractivity contribution is -0.391. The fourth-order valence-electron chi connectivity index (χ4n) is 3.66. The molecule has 3 aliphatic rings. The summed E-state index contributed by atoms with van der Waals surface area (Å²) >= 11 is 0. The molecule has 3 rings (SSSR count). The Bertz CT molecular complexity index is 663. The molecule has 0 bridgehead atoms. The number of aliphatic carboxylic acids is 1. The van der Waals surface area contributed by atoms with Crippen molar-refractivity contribution in [1.82, 2.24) is 0 Å². The highest BCUT2D eigenvalue weighted by Crippen LogP contribution is 2.31. The van der Waals surface area contributed by atoms with Crippen molar-refractivity contribution in [3.63, 3.8) is 0 Å². The van der Waals surface area contributed by atoms with Crippen LogP contribution in [-0.4, -0.2) is 156 Å². The Hall–Kier alpha value is -1.09. The summed E-state index contributed by atoms with van der Waals surface area (Å²) in [6, 6.07) is 0. The zero-order valence-corrected chi connectivity index (χ0v) is 16.9. The Labute approximate surface area is 185 Å². The van der Waals surface area contributed by atoms with Gasteiger partial charge in [-0.15, -0.1) is 0 Å². The number of carbonyl (C=O) groups is 1.